The maximum absolute atomic E-state index is 12.2. The number of carbonyl (C=O) groups excluding carboxylic acids is 1. The van der Waals surface area contributed by atoms with E-state index in [9.17, 15) is 4.79 Å². The molecule has 0 spiro atoms. The standard InChI is InChI=1S/C14H16N2OS/c1-3-11-5-4-8-16(14(11)17)10(2)13-7-6-12(9-15)18-13/h3,6-7,10H,4-5,8H2,1-2H3/b11-3+/t10-/m1/s1. The summed E-state index contributed by atoms with van der Waals surface area (Å²) < 4.78 is 0. The highest BCUT2D eigenvalue weighted by Crippen LogP contribution is 2.31. The molecular formula is C14H16N2OS. The molecule has 0 aliphatic carbocycles. The van der Waals surface area contributed by atoms with E-state index in [2.05, 4.69) is 6.07 Å². The lowest BCUT2D eigenvalue weighted by molar-refractivity contribution is -0.130. The number of nitriles is 1. The maximum atomic E-state index is 12.2. The minimum absolute atomic E-state index is 0.0554. The Kier molecular flexibility index (Phi) is 3.83. The SMILES string of the molecule is C/C=C1\CCCN([C@H](C)c2ccc(C#N)s2)C1=O. The zero-order chi connectivity index (χ0) is 13.1. The Morgan fingerprint density at radius 3 is 2.94 bits per heavy atom. The minimum atomic E-state index is 0.0554. The number of thiophene rings is 1. The molecule has 1 aliphatic heterocycles. The van der Waals surface area contributed by atoms with Gasteiger partial charge in [-0.2, -0.15) is 5.26 Å². The van der Waals surface area contributed by atoms with Gasteiger partial charge in [0.05, 0.1) is 6.04 Å². The van der Waals surface area contributed by atoms with E-state index in [1.54, 1.807) is 0 Å². The molecule has 0 bridgehead atoms. The van der Waals surface area contributed by atoms with Crippen molar-refractivity contribution in [3.05, 3.63) is 33.5 Å². The molecule has 0 saturated carbocycles. The molecule has 1 amide bonds. The van der Waals surface area contributed by atoms with Crippen molar-refractivity contribution >= 4 is 17.2 Å². The van der Waals surface area contributed by atoms with Crippen LogP contribution >= 0.6 is 11.3 Å². The van der Waals surface area contributed by atoms with Crippen LogP contribution in [-0.2, 0) is 4.79 Å². The van der Waals surface area contributed by atoms with Gasteiger partial charge < -0.3 is 4.90 Å². The number of hydrogen-bond donors (Lipinski definition) is 0. The Balaban J connectivity index is 2.20. The first-order valence-electron chi connectivity index (χ1n) is 6.13. The van der Waals surface area contributed by atoms with E-state index in [4.69, 9.17) is 5.26 Å². The highest BCUT2D eigenvalue weighted by atomic mass is 32.1. The molecule has 18 heavy (non-hydrogen) atoms. The number of hydrogen-bond acceptors (Lipinski definition) is 3. The van der Waals surface area contributed by atoms with Crippen LogP contribution in [0.15, 0.2) is 23.8 Å². The summed E-state index contributed by atoms with van der Waals surface area (Å²) in [7, 11) is 0. The summed E-state index contributed by atoms with van der Waals surface area (Å²) in [6.45, 7) is 4.75. The first kappa shape index (κ1) is 12.8. The molecule has 0 aromatic carbocycles. The zero-order valence-electron chi connectivity index (χ0n) is 10.6. The van der Waals surface area contributed by atoms with Gasteiger partial charge in [-0.3, -0.25) is 4.79 Å². The molecule has 0 N–H and O–H groups in total. The molecule has 1 aromatic rings. The number of likely N-dealkylation sites (tertiary alicyclic amines) is 1. The third-order valence-corrected chi connectivity index (χ3v) is 4.51. The van der Waals surface area contributed by atoms with E-state index in [0.29, 0.717) is 4.88 Å². The molecule has 0 unspecified atom stereocenters. The van der Waals surface area contributed by atoms with E-state index in [-0.39, 0.29) is 11.9 Å². The van der Waals surface area contributed by atoms with Crippen molar-refractivity contribution < 1.29 is 4.79 Å². The number of amides is 1. The van der Waals surface area contributed by atoms with E-state index in [0.717, 1.165) is 29.8 Å². The third-order valence-electron chi connectivity index (χ3n) is 3.35. The fourth-order valence-corrected chi connectivity index (χ4v) is 3.13. The van der Waals surface area contributed by atoms with Crippen molar-refractivity contribution in [2.75, 3.05) is 6.54 Å². The molecular weight excluding hydrogens is 244 g/mol. The molecule has 1 aliphatic rings. The first-order chi connectivity index (χ1) is 8.67. The van der Waals surface area contributed by atoms with Crippen LogP contribution in [0.5, 0.6) is 0 Å². The average Bonchev–Trinajstić information content (AvgIpc) is 2.87. The molecule has 2 rings (SSSR count). The van der Waals surface area contributed by atoms with Crippen LogP contribution in [0.3, 0.4) is 0 Å². The van der Waals surface area contributed by atoms with Crippen LogP contribution in [0.4, 0.5) is 0 Å². The van der Waals surface area contributed by atoms with Gasteiger partial charge in [-0.05, 0) is 38.8 Å². The van der Waals surface area contributed by atoms with Crippen molar-refractivity contribution in [2.24, 2.45) is 0 Å². The van der Waals surface area contributed by atoms with Gasteiger partial charge >= 0.3 is 0 Å². The summed E-state index contributed by atoms with van der Waals surface area (Å²) in [5.74, 6) is 0.142. The highest BCUT2D eigenvalue weighted by Gasteiger charge is 2.27. The molecule has 1 saturated heterocycles. The monoisotopic (exact) mass is 260 g/mol. The predicted octanol–water partition coefficient (Wildman–Crippen LogP) is 3.25. The average molecular weight is 260 g/mol. The van der Waals surface area contributed by atoms with Gasteiger partial charge in [0.1, 0.15) is 10.9 Å². The lowest BCUT2D eigenvalue weighted by Crippen LogP contribution is -2.38. The van der Waals surface area contributed by atoms with Crippen LogP contribution in [0, 0.1) is 11.3 Å². The number of allylic oxidation sites excluding steroid dienone is 1. The minimum Gasteiger partial charge on any atom is -0.331 e. The predicted molar refractivity (Wildman–Crippen MR) is 72.2 cm³/mol. The number of carbonyl (C=O) groups is 1. The molecule has 2 heterocycles. The van der Waals surface area contributed by atoms with E-state index < -0.39 is 0 Å². The molecule has 1 fully saturated rings. The number of rotatable bonds is 2. The lowest BCUT2D eigenvalue weighted by Gasteiger charge is -2.33. The van der Waals surface area contributed by atoms with E-state index in [1.165, 1.54) is 11.3 Å². The van der Waals surface area contributed by atoms with Crippen molar-refractivity contribution in [1.29, 1.82) is 5.26 Å². The molecule has 1 aromatic heterocycles. The van der Waals surface area contributed by atoms with Crippen LogP contribution < -0.4 is 0 Å². The summed E-state index contributed by atoms with van der Waals surface area (Å²) in [4.78, 5) is 15.9. The van der Waals surface area contributed by atoms with Crippen molar-refractivity contribution in [2.45, 2.75) is 32.7 Å². The smallest absolute Gasteiger partial charge is 0.249 e. The quantitative estimate of drug-likeness (QED) is 0.766. The van der Waals surface area contributed by atoms with E-state index in [1.807, 2.05) is 37.0 Å². The molecule has 94 valence electrons. The summed E-state index contributed by atoms with van der Waals surface area (Å²) in [6.07, 6.45) is 3.81. The van der Waals surface area contributed by atoms with Crippen molar-refractivity contribution in [3.63, 3.8) is 0 Å². The summed E-state index contributed by atoms with van der Waals surface area (Å²) in [5, 5.41) is 8.85. The second-order valence-corrected chi connectivity index (χ2v) is 5.52. The second-order valence-electron chi connectivity index (χ2n) is 4.41. The first-order valence-corrected chi connectivity index (χ1v) is 6.95. The largest absolute Gasteiger partial charge is 0.331 e. The van der Waals surface area contributed by atoms with Gasteiger partial charge in [-0.15, -0.1) is 11.3 Å². The van der Waals surface area contributed by atoms with E-state index >= 15 is 0 Å². The Morgan fingerprint density at radius 1 is 1.56 bits per heavy atom. The van der Waals surface area contributed by atoms with Crippen LogP contribution in [0.2, 0.25) is 0 Å². The van der Waals surface area contributed by atoms with Gasteiger partial charge in [0.25, 0.3) is 0 Å². The summed E-state index contributed by atoms with van der Waals surface area (Å²) >= 11 is 1.47. The fourth-order valence-electron chi connectivity index (χ4n) is 2.26. The molecule has 4 heteroatoms. The number of piperidine rings is 1. The Hall–Kier alpha value is -1.60. The van der Waals surface area contributed by atoms with Crippen LogP contribution in [0.1, 0.15) is 42.5 Å². The van der Waals surface area contributed by atoms with Crippen LogP contribution in [-0.4, -0.2) is 17.4 Å². The van der Waals surface area contributed by atoms with Gasteiger partial charge in [0, 0.05) is 17.0 Å². The van der Waals surface area contributed by atoms with Gasteiger partial charge in [0.2, 0.25) is 5.91 Å². The molecule has 1 atom stereocenters. The summed E-state index contributed by atoms with van der Waals surface area (Å²) in [5.41, 5.74) is 0.908. The Bertz CT molecular complexity index is 524. The lowest BCUT2D eigenvalue weighted by atomic mass is 10.0. The molecule has 0 radical (unpaired) electrons. The van der Waals surface area contributed by atoms with Gasteiger partial charge in [-0.1, -0.05) is 6.08 Å². The topological polar surface area (TPSA) is 44.1 Å². The number of nitrogens with zero attached hydrogens (tertiary/aromatic N) is 2. The Labute approximate surface area is 111 Å². The molecule has 3 nitrogen and oxygen atoms in total. The normalized spacial score (nSPS) is 19.9. The maximum Gasteiger partial charge on any atom is 0.249 e. The second kappa shape index (κ2) is 5.36. The van der Waals surface area contributed by atoms with Gasteiger partial charge in [0.15, 0.2) is 0 Å². The van der Waals surface area contributed by atoms with Crippen LogP contribution in [0.25, 0.3) is 0 Å². The highest BCUT2D eigenvalue weighted by molar-refractivity contribution is 7.12. The van der Waals surface area contributed by atoms with Crippen molar-refractivity contribution in [3.8, 4) is 6.07 Å². The fraction of sp³-hybridized carbons (Fsp3) is 0.429. The summed E-state index contributed by atoms with van der Waals surface area (Å²) in [6, 6.07) is 5.97. The third kappa shape index (κ3) is 2.32. The van der Waals surface area contributed by atoms with Crippen molar-refractivity contribution in [1.82, 2.24) is 4.90 Å². The van der Waals surface area contributed by atoms with Gasteiger partial charge in [-0.25, -0.2) is 0 Å². The zero-order valence-corrected chi connectivity index (χ0v) is 11.5. The Morgan fingerprint density at radius 2 is 2.33 bits per heavy atom.